The molecule has 0 saturated heterocycles. The zero-order valence-corrected chi connectivity index (χ0v) is 18.4. The fraction of sp³-hybridized carbons (Fsp3) is 0.150. The highest BCUT2D eigenvalue weighted by Gasteiger charge is 2.40. The third-order valence-corrected chi connectivity index (χ3v) is 5.10. The lowest BCUT2D eigenvalue weighted by Gasteiger charge is -2.21. The van der Waals surface area contributed by atoms with Crippen LogP contribution in [0.5, 0.6) is 17.2 Å². The van der Waals surface area contributed by atoms with Gasteiger partial charge in [0.1, 0.15) is 22.3 Å². The lowest BCUT2D eigenvalue weighted by Crippen LogP contribution is -2.17. The molecule has 0 radical (unpaired) electrons. The molecule has 0 aliphatic carbocycles. The Morgan fingerprint density at radius 2 is 1.68 bits per heavy atom. The van der Waals surface area contributed by atoms with Crippen LogP contribution >= 0.6 is 23.4 Å². The third kappa shape index (κ3) is 5.83. The van der Waals surface area contributed by atoms with E-state index in [9.17, 15) is 31.1 Å². The molecule has 2 N–H and O–H groups in total. The van der Waals surface area contributed by atoms with E-state index in [-0.39, 0.29) is 16.3 Å². The van der Waals surface area contributed by atoms with Crippen LogP contribution in [0.25, 0.3) is 11.1 Å². The fourth-order valence-corrected chi connectivity index (χ4v) is 3.57. The van der Waals surface area contributed by atoms with Crippen molar-refractivity contribution < 1.29 is 40.6 Å². The first kappa shape index (κ1) is 25.4. The van der Waals surface area contributed by atoms with Crippen molar-refractivity contribution in [2.24, 2.45) is 5.73 Å². The molecule has 3 aromatic rings. The largest absolute Gasteiger partial charge is 0.573 e. The normalized spacial score (nSPS) is 11.9. The molecular weight excluding hydrogens is 512 g/mol. The maximum atomic E-state index is 14.0. The second-order valence-corrected chi connectivity index (χ2v) is 7.69. The number of rotatable bonds is 6. The summed E-state index contributed by atoms with van der Waals surface area (Å²) >= 11 is 6.99. The number of alkyl halides is 6. The van der Waals surface area contributed by atoms with Crippen molar-refractivity contribution in [2.75, 3.05) is 6.26 Å². The summed E-state index contributed by atoms with van der Waals surface area (Å²) in [5.74, 6) is -2.57. The lowest BCUT2D eigenvalue weighted by atomic mass is 9.96. The molecule has 1 heterocycles. The summed E-state index contributed by atoms with van der Waals surface area (Å²) in [5, 5.41) is 6.88. The number of hydrogen-bond donors (Lipinski definition) is 1. The van der Waals surface area contributed by atoms with E-state index in [1.165, 1.54) is 6.07 Å². The number of amides is 1. The molecule has 1 aromatic heterocycles. The van der Waals surface area contributed by atoms with Crippen molar-refractivity contribution in [3.63, 3.8) is 0 Å². The van der Waals surface area contributed by atoms with Crippen LogP contribution < -0.4 is 15.2 Å². The van der Waals surface area contributed by atoms with E-state index in [1.54, 1.807) is 6.26 Å². The van der Waals surface area contributed by atoms with E-state index < -0.39 is 51.7 Å². The molecule has 14 heteroatoms. The van der Waals surface area contributed by atoms with Crippen molar-refractivity contribution in [1.29, 1.82) is 0 Å². The van der Waals surface area contributed by atoms with Gasteiger partial charge in [0.2, 0.25) is 0 Å². The molecule has 0 aliphatic heterocycles. The van der Waals surface area contributed by atoms with Gasteiger partial charge in [0.15, 0.2) is 0 Å². The number of aromatic nitrogens is 2. The minimum atomic E-state index is -4.99. The van der Waals surface area contributed by atoms with E-state index >= 15 is 0 Å². The minimum absolute atomic E-state index is 0.135. The molecule has 3 rings (SSSR count). The van der Waals surface area contributed by atoms with Gasteiger partial charge in [-0.3, -0.25) is 4.79 Å². The molecule has 0 spiro atoms. The van der Waals surface area contributed by atoms with Gasteiger partial charge < -0.3 is 15.2 Å². The molecule has 0 saturated carbocycles. The number of carbonyl (C=O) groups is 1. The summed E-state index contributed by atoms with van der Waals surface area (Å²) in [5.41, 5.74) is 2.76. The molecule has 34 heavy (non-hydrogen) atoms. The van der Waals surface area contributed by atoms with Crippen LogP contribution in [0.4, 0.5) is 26.3 Å². The average Bonchev–Trinajstić information content (AvgIpc) is 2.73. The molecular formula is C20H12ClF6N3O3S. The molecule has 0 atom stereocenters. The second-order valence-electron chi connectivity index (χ2n) is 6.45. The molecule has 0 bridgehead atoms. The van der Waals surface area contributed by atoms with Crippen molar-refractivity contribution in [3.05, 3.63) is 58.7 Å². The van der Waals surface area contributed by atoms with Crippen LogP contribution in [-0.2, 0) is 6.18 Å². The zero-order chi connectivity index (χ0) is 25.3. The van der Waals surface area contributed by atoms with Gasteiger partial charge in [-0.2, -0.15) is 18.3 Å². The molecule has 6 nitrogen and oxygen atoms in total. The number of halogens is 7. The van der Waals surface area contributed by atoms with Gasteiger partial charge in [-0.1, -0.05) is 11.6 Å². The summed E-state index contributed by atoms with van der Waals surface area (Å²) in [6.07, 6.45) is -7.31. The fourth-order valence-electron chi connectivity index (χ4n) is 2.88. The third-order valence-electron chi connectivity index (χ3n) is 4.19. The molecule has 2 aromatic carbocycles. The Balaban J connectivity index is 2.25. The first-order valence-electron chi connectivity index (χ1n) is 8.94. The lowest BCUT2D eigenvalue weighted by molar-refractivity contribution is -0.274. The highest BCUT2D eigenvalue weighted by atomic mass is 35.5. The second kappa shape index (κ2) is 9.58. The number of hydrogen-bond acceptors (Lipinski definition) is 6. The Bertz CT molecular complexity index is 1220. The predicted molar refractivity (Wildman–Crippen MR) is 111 cm³/mol. The van der Waals surface area contributed by atoms with E-state index in [2.05, 4.69) is 14.9 Å². The van der Waals surface area contributed by atoms with E-state index in [4.69, 9.17) is 22.1 Å². The van der Waals surface area contributed by atoms with Crippen molar-refractivity contribution in [2.45, 2.75) is 17.6 Å². The number of ether oxygens (including phenoxy) is 2. The van der Waals surface area contributed by atoms with Gasteiger partial charge >= 0.3 is 12.5 Å². The highest BCUT2D eigenvalue weighted by molar-refractivity contribution is 7.98. The number of carbonyl (C=O) groups excluding carboxylic acids is 1. The Kier molecular flexibility index (Phi) is 7.17. The van der Waals surface area contributed by atoms with Crippen LogP contribution in [-0.4, -0.2) is 28.7 Å². The van der Waals surface area contributed by atoms with Gasteiger partial charge in [0.25, 0.3) is 5.91 Å². The summed E-state index contributed by atoms with van der Waals surface area (Å²) in [4.78, 5) is 12.1. The molecule has 1 amide bonds. The van der Waals surface area contributed by atoms with Crippen molar-refractivity contribution >= 4 is 29.3 Å². The van der Waals surface area contributed by atoms with Gasteiger partial charge in [0.05, 0.1) is 22.3 Å². The van der Waals surface area contributed by atoms with E-state index in [1.807, 2.05) is 0 Å². The van der Waals surface area contributed by atoms with Gasteiger partial charge in [0, 0.05) is 11.1 Å². The Morgan fingerprint density at radius 3 is 2.21 bits per heavy atom. The first-order valence-corrected chi connectivity index (χ1v) is 10.5. The van der Waals surface area contributed by atoms with Crippen molar-refractivity contribution in [3.8, 4) is 28.4 Å². The highest BCUT2D eigenvalue weighted by Crippen LogP contribution is 2.49. The molecule has 0 aliphatic rings. The summed E-state index contributed by atoms with van der Waals surface area (Å²) in [6, 6.07) is 5.76. The van der Waals surface area contributed by atoms with E-state index in [0.717, 1.165) is 42.2 Å². The number of nitrogens with two attached hydrogens (primary N) is 1. The number of thioether (sulfide) groups is 1. The quantitative estimate of drug-likeness (QED) is 0.300. The maximum absolute atomic E-state index is 14.0. The maximum Gasteiger partial charge on any atom is 0.573 e. The van der Waals surface area contributed by atoms with E-state index in [0.29, 0.717) is 6.07 Å². The monoisotopic (exact) mass is 523 g/mol. The zero-order valence-electron chi connectivity index (χ0n) is 16.8. The average molecular weight is 524 g/mol. The van der Waals surface area contributed by atoms with Crippen LogP contribution in [0.3, 0.4) is 0 Å². The number of nitrogens with zero attached hydrogens (tertiary/aromatic N) is 2. The van der Waals surface area contributed by atoms with Crippen LogP contribution in [0.15, 0.2) is 47.6 Å². The first-order chi connectivity index (χ1) is 15.8. The Labute approximate surface area is 197 Å². The van der Waals surface area contributed by atoms with Crippen LogP contribution in [0.1, 0.15) is 15.9 Å². The van der Waals surface area contributed by atoms with Crippen LogP contribution in [0, 0.1) is 0 Å². The number of benzene rings is 2. The summed E-state index contributed by atoms with van der Waals surface area (Å²) < 4.78 is 88.5. The topological polar surface area (TPSA) is 87.3 Å². The van der Waals surface area contributed by atoms with Gasteiger partial charge in [-0.25, -0.2) is 0 Å². The van der Waals surface area contributed by atoms with Crippen LogP contribution in [0.2, 0.25) is 5.02 Å². The standard InChI is InChI=1S/C20H12ClF6N3O3S/c1-34-14-6-9(8-29-30-14)15-16(19(22,23)24)13(21)7-12(18(28)31)17(15)32-10-2-4-11(5-3-10)33-20(25,26)27/h2-8H,1H3,(H2,28,31). The van der Waals surface area contributed by atoms with Crippen molar-refractivity contribution in [1.82, 2.24) is 10.2 Å². The van der Waals surface area contributed by atoms with Gasteiger partial charge in [-0.05, 0) is 42.7 Å². The predicted octanol–water partition coefficient (Wildman–Crippen LogP) is 6.33. The molecule has 0 fully saturated rings. The summed E-state index contributed by atoms with van der Waals surface area (Å²) in [7, 11) is 0. The smallest absolute Gasteiger partial charge is 0.456 e. The molecule has 0 unspecified atom stereocenters. The summed E-state index contributed by atoms with van der Waals surface area (Å²) in [6.45, 7) is 0. The van der Waals surface area contributed by atoms with Gasteiger partial charge in [-0.15, -0.1) is 30.0 Å². The number of primary amides is 1. The SMILES string of the molecule is CSc1cc(-c2c(Oc3ccc(OC(F)(F)F)cc3)c(C(N)=O)cc(Cl)c2C(F)(F)F)cnn1. The Hall–Kier alpha value is -3.19. The Morgan fingerprint density at radius 1 is 1.06 bits per heavy atom. The minimum Gasteiger partial charge on any atom is -0.456 e. The molecule has 180 valence electrons.